The Morgan fingerprint density at radius 3 is 2.40 bits per heavy atom. The fourth-order valence-electron chi connectivity index (χ4n) is 2.19. The van der Waals surface area contributed by atoms with Gasteiger partial charge in [-0.05, 0) is 30.0 Å². The Morgan fingerprint density at radius 1 is 1.20 bits per heavy atom. The van der Waals surface area contributed by atoms with Crippen molar-refractivity contribution in [1.29, 1.82) is 5.26 Å². The number of hydrogen-bond acceptors (Lipinski definition) is 3. The summed E-state index contributed by atoms with van der Waals surface area (Å²) in [7, 11) is 0. The van der Waals surface area contributed by atoms with Crippen LogP contribution in [0.25, 0.3) is 0 Å². The first-order chi connectivity index (χ1) is 9.61. The summed E-state index contributed by atoms with van der Waals surface area (Å²) in [6.45, 7) is 1.98. The number of nitro groups is 1. The molecular weight excluding hydrogens is 252 g/mol. The van der Waals surface area contributed by atoms with Crippen LogP contribution in [0.1, 0.15) is 22.6 Å². The van der Waals surface area contributed by atoms with Crippen LogP contribution in [0.4, 0.5) is 5.69 Å². The van der Waals surface area contributed by atoms with Crippen molar-refractivity contribution in [3.63, 3.8) is 0 Å². The van der Waals surface area contributed by atoms with Crippen LogP contribution in [0.5, 0.6) is 0 Å². The van der Waals surface area contributed by atoms with Gasteiger partial charge >= 0.3 is 0 Å². The number of nitriles is 1. The largest absolute Gasteiger partial charge is 0.269 e. The third kappa shape index (κ3) is 3.01. The molecule has 0 radical (unpaired) electrons. The van der Waals surface area contributed by atoms with Gasteiger partial charge in [-0.3, -0.25) is 10.1 Å². The van der Waals surface area contributed by atoms with Crippen molar-refractivity contribution >= 4 is 5.69 Å². The van der Waals surface area contributed by atoms with E-state index in [4.69, 9.17) is 0 Å². The summed E-state index contributed by atoms with van der Waals surface area (Å²) >= 11 is 0. The summed E-state index contributed by atoms with van der Waals surface area (Å²) in [6.07, 6.45) is 0.555. The van der Waals surface area contributed by atoms with E-state index in [-0.39, 0.29) is 11.6 Å². The molecule has 0 spiro atoms. The first-order valence-electron chi connectivity index (χ1n) is 6.30. The molecule has 2 aromatic rings. The molecule has 2 aromatic carbocycles. The van der Waals surface area contributed by atoms with Crippen LogP contribution >= 0.6 is 0 Å². The molecule has 0 aliphatic carbocycles. The molecule has 0 amide bonds. The fourth-order valence-corrected chi connectivity index (χ4v) is 2.19. The van der Waals surface area contributed by atoms with Crippen molar-refractivity contribution in [3.8, 4) is 6.07 Å². The minimum atomic E-state index is -0.424. The van der Waals surface area contributed by atoms with Gasteiger partial charge in [0.05, 0.1) is 16.9 Å². The standard InChI is InChI=1S/C16H14N2O2/c1-12-4-2-3-5-16(12)14(11-17)10-13-6-8-15(9-7-13)18(19)20/h2-9,14H,10H2,1H3. The van der Waals surface area contributed by atoms with E-state index in [1.807, 2.05) is 31.2 Å². The number of rotatable bonds is 4. The van der Waals surface area contributed by atoms with Gasteiger partial charge in [0.25, 0.3) is 5.69 Å². The molecule has 1 atom stereocenters. The van der Waals surface area contributed by atoms with Gasteiger partial charge in [-0.15, -0.1) is 0 Å². The van der Waals surface area contributed by atoms with E-state index in [1.165, 1.54) is 12.1 Å². The van der Waals surface area contributed by atoms with Crippen molar-refractivity contribution in [1.82, 2.24) is 0 Å². The lowest BCUT2D eigenvalue weighted by Gasteiger charge is -2.12. The second-order valence-corrected chi connectivity index (χ2v) is 4.67. The van der Waals surface area contributed by atoms with Crippen LogP contribution in [0, 0.1) is 28.4 Å². The first-order valence-corrected chi connectivity index (χ1v) is 6.30. The van der Waals surface area contributed by atoms with Crippen LogP contribution in [-0.2, 0) is 6.42 Å². The summed E-state index contributed by atoms with van der Waals surface area (Å²) in [5.74, 6) is -0.238. The van der Waals surface area contributed by atoms with Crippen molar-refractivity contribution in [3.05, 3.63) is 75.3 Å². The SMILES string of the molecule is Cc1ccccc1C(C#N)Cc1ccc([N+](=O)[O-])cc1. The second kappa shape index (κ2) is 5.98. The molecule has 0 N–H and O–H groups in total. The van der Waals surface area contributed by atoms with Crippen molar-refractivity contribution < 1.29 is 4.92 Å². The summed E-state index contributed by atoms with van der Waals surface area (Å²) in [5.41, 5.74) is 3.08. The smallest absolute Gasteiger partial charge is 0.258 e. The third-order valence-corrected chi connectivity index (χ3v) is 3.31. The Bertz CT molecular complexity index is 657. The number of aryl methyl sites for hydroxylation is 1. The van der Waals surface area contributed by atoms with Gasteiger partial charge in [-0.1, -0.05) is 36.4 Å². The van der Waals surface area contributed by atoms with Crippen LogP contribution in [-0.4, -0.2) is 4.92 Å². The molecular formula is C16H14N2O2. The van der Waals surface area contributed by atoms with Gasteiger partial charge in [-0.25, -0.2) is 0 Å². The van der Waals surface area contributed by atoms with Crippen molar-refractivity contribution in [2.24, 2.45) is 0 Å². The topological polar surface area (TPSA) is 66.9 Å². The summed E-state index contributed by atoms with van der Waals surface area (Å²) in [5, 5.41) is 20.0. The van der Waals surface area contributed by atoms with Gasteiger partial charge in [0, 0.05) is 12.1 Å². The molecule has 0 bridgehead atoms. The molecule has 0 aliphatic rings. The molecule has 0 fully saturated rings. The lowest BCUT2D eigenvalue weighted by atomic mass is 9.90. The van der Waals surface area contributed by atoms with Crippen molar-refractivity contribution in [2.75, 3.05) is 0 Å². The first kappa shape index (κ1) is 13.8. The van der Waals surface area contributed by atoms with Gasteiger partial charge in [0.1, 0.15) is 0 Å². The van der Waals surface area contributed by atoms with E-state index in [1.54, 1.807) is 12.1 Å². The number of benzene rings is 2. The van der Waals surface area contributed by atoms with E-state index < -0.39 is 4.92 Å². The molecule has 100 valence electrons. The van der Waals surface area contributed by atoms with E-state index in [0.717, 1.165) is 16.7 Å². The number of hydrogen-bond donors (Lipinski definition) is 0. The van der Waals surface area contributed by atoms with E-state index in [0.29, 0.717) is 6.42 Å². The Balaban J connectivity index is 2.21. The monoisotopic (exact) mass is 266 g/mol. The summed E-state index contributed by atoms with van der Waals surface area (Å²) < 4.78 is 0. The van der Waals surface area contributed by atoms with Crippen LogP contribution in [0.15, 0.2) is 48.5 Å². The molecule has 2 rings (SSSR count). The highest BCUT2D eigenvalue weighted by molar-refractivity contribution is 5.37. The average Bonchev–Trinajstić information content (AvgIpc) is 2.46. The lowest BCUT2D eigenvalue weighted by molar-refractivity contribution is -0.384. The van der Waals surface area contributed by atoms with Crippen LogP contribution < -0.4 is 0 Å². The molecule has 4 nitrogen and oxygen atoms in total. The van der Waals surface area contributed by atoms with Crippen molar-refractivity contribution in [2.45, 2.75) is 19.3 Å². The van der Waals surface area contributed by atoms with Gasteiger partial charge in [0.2, 0.25) is 0 Å². The minimum Gasteiger partial charge on any atom is -0.258 e. The zero-order valence-corrected chi connectivity index (χ0v) is 11.1. The lowest BCUT2D eigenvalue weighted by Crippen LogP contribution is -2.02. The van der Waals surface area contributed by atoms with E-state index in [9.17, 15) is 15.4 Å². The molecule has 0 heterocycles. The Hall–Kier alpha value is -2.67. The second-order valence-electron chi connectivity index (χ2n) is 4.67. The zero-order chi connectivity index (χ0) is 14.5. The average molecular weight is 266 g/mol. The molecule has 0 saturated carbocycles. The van der Waals surface area contributed by atoms with E-state index in [2.05, 4.69) is 6.07 Å². The summed E-state index contributed by atoms with van der Waals surface area (Å²) in [6, 6.07) is 16.5. The Kier molecular flexibility index (Phi) is 4.11. The maximum Gasteiger partial charge on any atom is 0.269 e. The number of nitro benzene ring substituents is 1. The zero-order valence-electron chi connectivity index (χ0n) is 11.1. The predicted molar refractivity (Wildman–Crippen MR) is 76.3 cm³/mol. The van der Waals surface area contributed by atoms with Crippen LogP contribution in [0.3, 0.4) is 0 Å². The number of nitrogens with zero attached hydrogens (tertiary/aromatic N) is 2. The number of non-ortho nitro benzene ring substituents is 1. The molecule has 0 aromatic heterocycles. The minimum absolute atomic E-state index is 0.0677. The molecule has 1 unspecified atom stereocenters. The highest BCUT2D eigenvalue weighted by Crippen LogP contribution is 2.24. The van der Waals surface area contributed by atoms with Gasteiger partial charge in [-0.2, -0.15) is 5.26 Å². The molecule has 0 aliphatic heterocycles. The molecule has 0 saturated heterocycles. The predicted octanol–water partition coefficient (Wildman–Crippen LogP) is 3.75. The highest BCUT2D eigenvalue weighted by atomic mass is 16.6. The third-order valence-electron chi connectivity index (χ3n) is 3.31. The maximum absolute atomic E-state index is 10.6. The molecule has 20 heavy (non-hydrogen) atoms. The molecule has 4 heteroatoms. The normalized spacial score (nSPS) is 11.6. The highest BCUT2D eigenvalue weighted by Gasteiger charge is 2.14. The quantitative estimate of drug-likeness (QED) is 0.625. The van der Waals surface area contributed by atoms with E-state index >= 15 is 0 Å². The summed E-state index contributed by atoms with van der Waals surface area (Å²) in [4.78, 5) is 10.2. The Labute approximate surface area is 117 Å². The van der Waals surface area contributed by atoms with Gasteiger partial charge < -0.3 is 0 Å². The fraction of sp³-hybridized carbons (Fsp3) is 0.188. The van der Waals surface area contributed by atoms with Crippen LogP contribution in [0.2, 0.25) is 0 Å². The Morgan fingerprint density at radius 2 is 1.85 bits per heavy atom. The maximum atomic E-state index is 10.6. The van der Waals surface area contributed by atoms with Gasteiger partial charge in [0.15, 0.2) is 0 Å².